The van der Waals surface area contributed by atoms with Crippen molar-refractivity contribution in [2.24, 2.45) is 0 Å². The van der Waals surface area contributed by atoms with Gasteiger partial charge in [-0.25, -0.2) is 0 Å². The minimum Gasteiger partial charge on any atom is -0.484 e. The maximum atomic E-state index is 11.5. The number of non-ortho nitro benzene ring substituents is 1. The summed E-state index contributed by atoms with van der Waals surface area (Å²) < 4.78 is 5.17. The first-order valence-corrected chi connectivity index (χ1v) is 6.62. The lowest BCUT2D eigenvalue weighted by atomic mass is 10.1. The molecule has 8 nitrogen and oxygen atoms in total. The number of carbonyl (C=O) groups is 2. The lowest BCUT2D eigenvalue weighted by molar-refractivity contribution is -0.384. The molecule has 0 fully saturated rings. The zero-order valence-electron chi connectivity index (χ0n) is 12.7. The Morgan fingerprint density at radius 1 is 1.18 bits per heavy atom. The maximum Gasteiger partial charge on any atom is 0.269 e. The third-order valence-corrected chi connectivity index (χ3v) is 2.38. The first kappa shape index (κ1) is 17.4. The fourth-order valence-corrected chi connectivity index (χ4v) is 1.51. The van der Waals surface area contributed by atoms with Crippen LogP contribution in [0.3, 0.4) is 0 Å². The Morgan fingerprint density at radius 2 is 1.77 bits per heavy atom. The zero-order valence-corrected chi connectivity index (χ0v) is 12.7. The van der Waals surface area contributed by atoms with Crippen LogP contribution in [0.25, 0.3) is 0 Å². The number of amides is 2. The molecule has 0 aliphatic rings. The Hall–Kier alpha value is -2.64. The van der Waals surface area contributed by atoms with Crippen LogP contribution in [-0.2, 0) is 9.59 Å². The molecule has 0 heterocycles. The van der Waals surface area contributed by atoms with E-state index in [2.05, 4.69) is 10.6 Å². The average Bonchev–Trinajstić information content (AvgIpc) is 2.41. The summed E-state index contributed by atoms with van der Waals surface area (Å²) in [6.45, 7) is 5.10. The van der Waals surface area contributed by atoms with Gasteiger partial charge in [-0.05, 0) is 32.9 Å². The van der Waals surface area contributed by atoms with Crippen LogP contribution in [0.5, 0.6) is 5.75 Å². The monoisotopic (exact) mass is 309 g/mol. The summed E-state index contributed by atoms with van der Waals surface area (Å²) in [5.74, 6) is -0.418. The number of carbonyl (C=O) groups excluding carboxylic acids is 2. The summed E-state index contributed by atoms with van der Waals surface area (Å²) >= 11 is 0. The molecule has 1 aromatic rings. The molecule has 0 spiro atoms. The Kier molecular flexibility index (Phi) is 5.85. The summed E-state index contributed by atoms with van der Waals surface area (Å²) in [5, 5.41) is 15.6. The highest BCUT2D eigenvalue weighted by molar-refractivity contribution is 5.85. The number of nitro groups is 1. The van der Waals surface area contributed by atoms with E-state index in [-0.39, 0.29) is 30.3 Å². The highest BCUT2D eigenvalue weighted by Crippen LogP contribution is 2.16. The molecular formula is C14H19N3O5. The van der Waals surface area contributed by atoms with Crippen LogP contribution in [0.2, 0.25) is 0 Å². The fraction of sp³-hybridized carbons (Fsp3) is 0.429. The number of benzene rings is 1. The summed E-state index contributed by atoms with van der Waals surface area (Å²) in [5.41, 5.74) is -0.424. The molecule has 2 N–H and O–H groups in total. The van der Waals surface area contributed by atoms with E-state index in [0.29, 0.717) is 5.75 Å². The predicted molar refractivity (Wildman–Crippen MR) is 79.5 cm³/mol. The molecule has 0 unspecified atom stereocenters. The lowest BCUT2D eigenvalue weighted by Crippen LogP contribution is -2.46. The van der Waals surface area contributed by atoms with Gasteiger partial charge in [-0.1, -0.05) is 0 Å². The Bertz CT molecular complexity index is 549. The molecule has 0 radical (unpaired) electrons. The third-order valence-electron chi connectivity index (χ3n) is 2.38. The standard InChI is InChI=1S/C14H19N3O5/c1-14(2,3)16-12(18)8-15-13(19)9-22-11-6-4-10(5-7-11)17(20)21/h4-7H,8-9H2,1-3H3,(H,15,19)(H,16,18). The van der Waals surface area contributed by atoms with Crippen molar-refractivity contribution in [1.82, 2.24) is 10.6 Å². The molecule has 8 heteroatoms. The second-order valence-corrected chi connectivity index (χ2v) is 5.61. The van der Waals surface area contributed by atoms with Crippen LogP contribution >= 0.6 is 0 Å². The van der Waals surface area contributed by atoms with Crippen molar-refractivity contribution in [2.75, 3.05) is 13.2 Å². The molecule has 22 heavy (non-hydrogen) atoms. The molecule has 0 saturated heterocycles. The van der Waals surface area contributed by atoms with Gasteiger partial charge >= 0.3 is 0 Å². The maximum absolute atomic E-state index is 11.5. The molecular weight excluding hydrogens is 290 g/mol. The summed E-state index contributed by atoms with van der Waals surface area (Å²) in [6.07, 6.45) is 0. The number of nitrogens with one attached hydrogen (secondary N) is 2. The van der Waals surface area contributed by atoms with Crippen LogP contribution in [0.1, 0.15) is 20.8 Å². The summed E-state index contributed by atoms with van der Waals surface area (Å²) in [6, 6.07) is 5.36. The highest BCUT2D eigenvalue weighted by Gasteiger charge is 2.14. The number of ether oxygens (including phenoxy) is 1. The van der Waals surface area contributed by atoms with Crippen LogP contribution in [0.4, 0.5) is 5.69 Å². The van der Waals surface area contributed by atoms with E-state index in [1.54, 1.807) is 0 Å². The van der Waals surface area contributed by atoms with E-state index >= 15 is 0 Å². The van der Waals surface area contributed by atoms with Gasteiger partial charge in [-0.15, -0.1) is 0 Å². The van der Waals surface area contributed by atoms with Gasteiger partial charge in [-0.3, -0.25) is 19.7 Å². The zero-order chi connectivity index (χ0) is 16.8. The van der Waals surface area contributed by atoms with Crippen LogP contribution in [0, 0.1) is 10.1 Å². The number of nitro benzene ring substituents is 1. The molecule has 2 amide bonds. The van der Waals surface area contributed by atoms with Gasteiger partial charge in [-0.2, -0.15) is 0 Å². The Balaban J connectivity index is 2.34. The highest BCUT2D eigenvalue weighted by atomic mass is 16.6. The van der Waals surface area contributed by atoms with E-state index in [9.17, 15) is 19.7 Å². The average molecular weight is 309 g/mol. The quantitative estimate of drug-likeness (QED) is 0.601. The Labute approximate surface area is 128 Å². The predicted octanol–water partition coefficient (Wildman–Crippen LogP) is 1.00. The SMILES string of the molecule is CC(C)(C)NC(=O)CNC(=O)COc1ccc([N+](=O)[O-])cc1. The van der Waals surface area contributed by atoms with Crippen molar-refractivity contribution in [3.63, 3.8) is 0 Å². The molecule has 0 aliphatic heterocycles. The van der Waals surface area contributed by atoms with Gasteiger partial charge in [0.2, 0.25) is 5.91 Å². The normalized spacial score (nSPS) is 10.7. The van der Waals surface area contributed by atoms with Crippen molar-refractivity contribution in [3.8, 4) is 5.75 Å². The summed E-state index contributed by atoms with van der Waals surface area (Å²) in [7, 11) is 0. The first-order valence-electron chi connectivity index (χ1n) is 6.62. The van der Waals surface area contributed by atoms with Gasteiger partial charge in [0.15, 0.2) is 6.61 Å². The molecule has 0 saturated carbocycles. The van der Waals surface area contributed by atoms with Gasteiger partial charge < -0.3 is 15.4 Å². The van der Waals surface area contributed by atoms with Crippen molar-refractivity contribution in [1.29, 1.82) is 0 Å². The van der Waals surface area contributed by atoms with Crippen LogP contribution < -0.4 is 15.4 Å². The smallest absolute Gasteiger partial charge is 0.269 e. The molecule has 0 atom stereocenters. The molecule has 0 aliphatic carbocycles. The van der Waals surface area contributed by atoms with Gasteiger partial charge in [0, 0.05) is 17.7 Å². The minimum atomic E-state index is -0.523. The fourth-order valence-electron chi connectivity index (χ4n) is 1.51. The van der Waals surface area contributed by atoms with Gasteiger partial charge in [0.25, 0.3) is 11.6 Å². The number of rotatable bonds is 6. The number of hydrogen-bond acceptors (Lipinski definition) is 5. The molecule has 0 aromatic heterocycles. The third kappa shape index (κ3) is 6.69. The lowest BCUT2D eigenvalue weighted by Gasteiger charge is -2.20. The van der Waals surface area contributed by atoms with E-state index in [0.717, 1.165) is 0 Å². The molecule has 1 rings (SSSR count). The minimum absolute atomic E-state index is 0.0596. The molecule has 120 valence electrons. The van der Waals surface area contributed by atoms with Crippen molar-refractivity contribution in [3.05, 3.63) is 34.4 Å². The van der Waals surface area contributed by atoms with Gasteiger partial charge in [0.1, 0.15) is 5.75 Å². The second-order valence-electron chi connectivity index (χ2n) is 5.61. The second kappa shape index (κ2) is 7.39. The van der Waals surface area contributed by atoms with E-state index in [4.69, 9.17) is 4.74 Å². The topological polar surface area (TPSA) is 111 Å². The van der Waals surface area contributed by atoms with E-state index in [1.165, 1.54) is 24.3 Å². The Morgan fingerprint density at radius 3 is 2.27 bits per heavy atom. The van der Waals surface area contributed by atoms with Crippen molar-refractivity contribution >= 4 is 17.5 Å². The number of nitrogens with zero attached hydrogens (tertiary/aromatic N) is 1. The first-order chi connectivity index (χ1) is 10.2. The van der Waals surface area contributed by atoms with Gasteiger partial charge in [0.05, 0.1) is 11.5 Å². The van der Waals surface area contributed by atoms with Crippen molar-refractivity contribution < 1.29 is 19.2 Å². The molecule has 1 aromatic carbocycles. The largest absolute Gasteiger partial charge is 0.484 e. The van der Waals surface area contributed by atoms with Crippen LogP contribution in [-0.4, -0.2) is 35.4 Å². The van der Waals surface area contributed by atoms with Crippen molar-refractivity contribution in [2.45, 2.75) is 26.3 Å². The van der Waals surface area contributed by atoms with E-state index in [1.807, 2.05) is 20.8 Å². The number of hydrogen-bond donors (Lipinski definition) is 2. The summed E-state index contributed by atoms with van der Waals surface area (Å²) in [4.78, 5) is 33.0. The van der Waals surface area contributed by atoms with Crippen LogP contribution in [0.15, 0.2) is 24.3 Å². The molecule has 0 bridgehead atoms. The van der Waals surface area contributed by atoms with E-state index < -0.39 is 10.8 Å².